The van der Waals surface area contributed by atoms with Gasteiger partial charge in [0.1, 0.15) is 5.75 Å². The largest absolute Gasteiger partial charge is 0.507 e. The first-order valence-corrected chi connectivity index (χ1v) is 7.84. The molecule has 4 nitrogen and oxygen atoms in total. The van der Waals surface area contributed by atoms with E-state index in [-0.39, 0.29) is 11.7 Å². The molecular formula is C16H15IN2O2. The van der Waals surface area contributed by atoms with Crippen molar-refractivity contribution in [2.75, 3.05) is 11.9 Å². The number of hydrogen-bond donors (Lipinski definition) is 3. The van der Waals surface area contributed by atoms with Crippen LogP contribution in [0.2, 0.25) is 0 Å². The fraction of sp³-hybridized carbons (Fsp3) is 0.188. The van der Waals surface area contributed by atoms with E-state index in [4.69, 9.17) is 0 Å². The number of halogens is 1. The van der Waals surface area contributed by atoms with Gasteiger partial charge in [-0.25, -0.2) is 0 Å². The minimum absolute atomic E-state index is 0.125. The van der Waals surface area contributed by atoms with Crippen LogP contribution in [0, 0.1) is 3.57 Å². The van der Waals surface area contributed by atoms with E-state index < -0.39 is 0 Å². The van der Waals surface area contributed by atoms with Gasteiger partial charge in [-0.2, -0.15) is 0 Å². The maximum absolute atomic E-state index is 12.3. The van der Waals surface area contributed by atoms with Crippen LogP contribution in [-0.4, -0.2) is 17.6 Å². The minimum Gasteiger partial charge on any atom is -0.507 e. The van der Waals surface area contributed by atoms with E-state index >= 15 is 0 Å². The first-order chi connectivity index (χ1) is 10.1. The monoisotopic (exact) mass is 394 g/mol. The number of rotatable bonds is 2. The van der Waals surface area contributed by atoms with Gasteiger partial charge in [0.2, 0.25) is 0 Å². The Labute approximate surface area is 136 Å². The van der Waals surface area contributed by atoms with Crippen LogP contribution in [0.15, 0.2) is 36.4 Å². The van der Waals surface area contributed by atoms with Crippen molar-refractivity contribution in [3.63, 3.8) is 0 Å². The smallest absolute Gasteiger partial charge is 0.255 e. The summed E-state index contributed by atoms with van der Waals surface area (Å²) in [7, 11) is 0. The van der Waals surface area contributed by atoms with Crippen LogP contribution < -0.4 is 10.6 Å². The molecule has 0 radical (unpaired) electrons. The molecule has 0 atom stereocenters. The SMILES string of the molecule is O=C(Nc1cccc2c1CNCC2)c1ccc(I)c(O)c1. The van der Waals surface area contributed by atoms with Gasteiger partial charge in [-0.15, -0.1) is 0 Å². The summed E-state index contributed by atoms with van der Waals surface area (Å²) >= 11 is 2.03. The van der Waals surface area contributed by atoms with E-state index in [1.165, 1.54) is 11.6 Å². The normalized spacial score (nSPS) is 13.6. The van der Waals surface area contributed by atoms with Gasteiger partial charge in [-0.05, 0) is 70.9 Å². The maximum atomic E-state index is 12.3. The molecule has 5 heteroatoms. The van der Waals surface area contributed by atoms with Crippen LogP contribution in [0.1, 0.15) is 21.5 Å². The quantitative estimate of drug-likeness (QED) is 0.687. The van der Waals surface area contributed by atoms with Gasteiger partial charge < -0.3 is 15.7 Å². The molecule has 2 aromatic rings. The molecule has 0 fully saturated rings. The average Bonchev–Trinajstić information content (AvgIpc) is 2.50. The van der Waals surface area contributed by atoms with Crippen molar-refractivity contribution in [3.05, 3.63) is 56.7 Å². The highest BCUT2D eigenvalue weighted by atomic mass is 127. The average molecular weight is 394 g/mol. The Hall–Kier alpha value is -1.60. The molecule has 21 heavy (non-hydrogen) atoms. The number of phenols is 1. The summed E-state index contributed by atoms with van der Waals surface area (Å²) in [6.45, 7) is 1.74. The number of nitrogens with one attached hydrogen (secondary N) is 2. The van der Waals surface area contributed by atoms with Crippen molar-refractivity contribution >= 4 is 34.2 Å². The van der Waals surface area contributed by atoms with Crippen LogP contribution in [0.4, 0.5) is 5.69 Å². The lowest BCUT2D eigenvalue weighted by Gasteiger charge is -2.20. The molecule has 1 heterocycles. The molecule has 0 spiro atoms. The number of phenolic OH excluding ortho intramolecular Hbond substituents is 1. The summed E-state index contributed by atoms with van der Waals surface area (Å²) in [5.41, 5.74) is 3.71. The van der Waals surface area contributed by atoms with Crippen LogP contribution in [0.25, 0.3) is 0 Å². The predicted molar refractivity (Wildman–Crippen MR) is 90.6 cm³/mol. The Morgan fingerprint density at radius 3 is 2.95 bits per heavy atom. The summed E-state index contributed by atoms with van der Waals surface area (Å²) in [6.07, 6.45) is 0.976. The van der Waals surface area contributed by atoms with Crippen LogP contribution >= 0.6 is 22.6 Å². The fourth-order valence-electron chi connectivity index (χ4n) is 2.48. The minimum atomic E-state index is -0.208. The highest BCUT2D eigenvalue weighted by Gasteiger charge is 2.15. The molecular weight excluding hydrogens is 379 g/mol. The summed E-state index contributed by atoms with van der Waals surface area (Å²) in [6, 6.07) is 10.9. The zero-order chi connectivity index (χ0) is 14.8. The molecule has 0 saturated heterocycles. The number of benzene rings is 2. The number of carbonyl (C=O) groups is 1. The van der Waals surface area contributed by atoms with Crippen LogP contribution in [-0.2, 0) is 13.0 Å². The Balaban J connectivity index is 1.86. The molecule has 0 saturated carbocycles. The molecule has 1 amide bonds. The lowest BCUT2D eigenvalue weighted by Crippen LogP contribution is -2.25. The number of amides is 1. The van der Waals surface area contributed by atoms with Crippen molar-refractivity contribution < 1.29 is 9.90 Å². The Kier molecular flexibility index (Phi) is 4.12. The zero-order valence-corrected chi connectivity index (χ0v) is 13.5. The standard InChI is InChI=1S/C16H15IN2O2/c17-13-5-4-11(8-15(13)20)16(21)19-14-3-1-2-10-6-7-18-9-12(10)14/h1-5,8,18,20H,6-7,9H2,(H,19,21). The second kappa shape index (κ2) is 6.03. The number of fused-ring (bicyclic) bond motifs is 1. The molecule has 1 aliphatic heterocycles. The van der Waals surface area contributed by atoms with Gasteiger partial charge in [0.05, 0.1) is 3.57 Å². The number of aromatic hydroxyl groups is 1. The number of hydrogen-bond acceptors (Lipinski definition) is 3. The zero-order valence-electron chi connectivity index (χ0n) is 11.3. The number of carbonyl (C=O) groups excluding carboxylic acids is 1. The van der Waals surface area contributed by atoms with Crippen molar-refractivity contribution in [2.24, 2.45) is 0 Å². The third kappa shape index (κ3) is 3.03. The molecule has 108 valence electrons. The molecule has 1 aliphatic rings. The lowest BCUT2D eigenvalue weighted by molar-refractivity contribution is 0.102. The van der Waals surface area contributed by atoms with Gasteiger partial charge in [0.15, 0.2) is 0 Å². The molecule has 0 aromatic heterocycles. The third-order valence-electron chi connectivity index (χ3n) is 3.60. The van der Waals surface area contributed by atoms with E-state index in [1.807, 2.05) is 34.7 Å². The van der Waals surface area contributed by atoms with Gasteiger partial charge in [0.25, 0.3) is 5.91 Å². The highest BCUT2D eigenvalue weighted by molar-refractivity contribution is 14.1. The van der Waals surface area contributed by atoms with E-state index in [0.29, 0.717) is 5.56 Å². The van der Waals surface area contributed by atoms with E-state index in [2.05, 4.69) is 16.7 Å². The summed E-state index contributed by atoms with van der Waals surface area (Å²) < 4.78 is 0.727. The van der Waals surface area contributed by atoms with E-state index in [9.17, 15) is 9.90 Å². The van der Waals surface area contributed by atoms with Gasteiger partial charge >= 0.3 is 0 Å². The third-order valence-corrected chi connectivity index (χ3v) is 4.51. The van der Waals surface area contributed by atoms with Gasteiger partial charge in [0, 0.05) is 17.8 Å². The summed E-state index contributed by atoms with van der Waals surface area (Å²) in [5.74, 6) is -0.0827. The van der Waals surface area contributed by atoms with E-state index in [1.54, 1.807) is 12.1 Å². The van der Waals surface area contributed by atoms with Crippen molar-refractivity contribution in [1.82, 2.24) is 5.32 Å². The van der Waals surface area contributed by atoms with Crippen LogP contribution in [0.3, 0.4) is 0 Å². The molecule has 0 aliphatic carbocycles. The maximum Gasteiger partial charge on any atom is 0.255 e. The van der Waals surface area contributed by atoms with Gasteiger partial charge in [-0.3, -0.25) is 4.79 Å². The highest BCUT2D eigenvalue weighted by Crippen LogP contribution is 2.25. The van der Waals surface area contributed by atoms with Crippen LogP contribution in [0.5, 0.6) is 5.75 Å². The van der Waals surface area contributed by atoms with Crippen molar-refractivity contribution in [2.45, 2.75) is 13.0 Å². The van der Waals surface area contributed by atoms with Crippen molar-refractivity contribution in [1.29, 1.82) is 0 Å². The Morgan fingerprint density at radius 1 is 1.29 bits per heavy atom. The first-order valence-electron chi connectivity index (χ1n) is 6.76. The number of anilines is 1. The summed E-state index contributed by atoms with van der Waals surface area (Å²) in [5, 5.41) is 16.0. The molecule has 2 aromatic carbocycles. The lowest BCUT2D eigenvalue weighted by atomic mass is 9.99. The molecule has 0 unspecified atom stereocenters. The molecule has 3 rings (SSSR count). The van der Waals surface area contributed by atoms with Crippen molar-refractivity contribution in [3.8, 4) is 5.75 Å². The predicted octanol–water partition coefficient (Wildman–Crippen LogP) is 2.89. The first kappa shape index (κ1) is 14.3. The molecule has 0 bridgehead atoms. The molecule has 3 N–H and O–H groups in total. The second-order valence-electron chi connectivity index (χ2n) is 4.99. The fourth-order valence-corrected chi connectivity index (χ4v) is 2.82. The van der Waals surface area contributed by atoms with E-state index in [0.717, 1.165) is 34.3 Å². The topological polar surface area (TPSA) is 61.4 Å². The Morgan fingerprint density at radius 2 is 2.14 bits per heavy atom. The second-order valence-corrected chi connectivity index (χ2v) is 6.15. The Bertz CT molecular complexity index is 701. The summed E-state index contributed by atoms with van der Waals surface area (Å²) in [4.78, 5) is 12.3. The van der Waals surface area contributed by atoms with Gasteiger partial charge in [-0.1, -0.05) is 12.1 Å².